The van der Waals surface area contributed by atoms with Crippen LogP contribution in [0.1, 0.15) is 41.0 Å². The van der Waals surface area contributed by atoms with Gasteiger partial charge in [0.2, 0.25) is 5.91 Å². The van der Waals surface area contributed by atoms with Crippen molar-refractivity contribution in [1.82, 2.24) is 5.32 Å². The van der Waals surface area contributed by atoms with Crippen LogP contribution in [0.15, 0.2) is 36.0 Å². The molecule has 0 aromatic heterocycles. The smallest absolute Gasteiger partial charge is 0.221 e. The van der Waals surface area contributed by atoms with Gasteiger partial charge in [-0.15, -0.1) is 0 Å². The third kappa shape index (κ3) is 5.35. The molecule has 1 amide bonds. The summed E-state index contributed by atoms with van der Waals surface area (Å²) in [4.78, 5) is 11.9. The van der Waals surface area contributed by atoms with Crippen molar-refractivity contribution < 1.29 is 4.79 Å². The zero-order chi connectivity index (χ0) is 13.8. The molecule has 1 atom stereocenters. The molecule has 0 saturated heterocycles. The van der Waals surface area contributed by atoms with E-state index in [4.69, 9.17) is 0 Å². The molecular formula is C16H25NO. The lowest BCUT2D eigenvalue weighted by molar-refractivity contribution is -0.122. The maximum Gasteiger partial charge on any atom is 0.221 e. The summed E-state index contributed by atoms with van der Waals surface area (Å²) in [5, 5.41) is 3.03. The van der Waals surface area contributed by atoms with Crippen molar-refractivity contribution in [3.63, 3.8) is 0 Å². The Hall–Kier alpha value is -1.31. The average molecular weight is 247 g/mol. The first-order valence-electron chi connectivity index (χ1n) is 6.64. The Labute approximate surface area is 111 Å². The van der Waals surface area contributed by atoms with Crippen molar-refractivity contribution in [2.24, 2.45) is 11.3 Å². The van der Waals surface area contributed by atoms with E-state index in [0.717, 1.165) is 0 Å². The highest BCUT2D eigenvalue weighted by Gasteiger charge is 2.17. The molecule has 0 spiro atoms. The number of carbonyl (C=O) groups excluding carboxylic acids is 1. The number of amides is 1. The largest absolute Gasteiger partial charge is 0.346 e. The summed E-state index contributed by atoms with van der Waals surface area (Å²) in [6.45, 7) is 10.6. The standard InChI is InChI=1S/C16H25NO/c1-12(2)13-7-6-8-14(10-9-13)17-15(18)11-16(3,4)5/h6-10,12,14H,11H2,1-5H3,(H,17,18). The summed E-state index contributed by atoms with van der Waals surface area (Å²) < 4.78 is 0. The van der Waals surface area contributed by atoms with Crippen LogP contribution in [0.3, 0.4) is 0 Å². The van der Waals surface area contributed by atoms with Gasteiger partial charge < -0.3 is 5.32 Å². The number of allylic oxidation sites excluding steroid dienone is 4. The van der Waals surface area contributed by atoms with E-state index in [2.05, 4.69) is 58.2 Å². The molecule has 0 fully saturated rings. The minimum Gasteiger partial charge on any atom is -0.346 e. The van der Waals surface area contributed by atoms with Gasteiger partial charge in [-0.05, 0) is 16.9 Å². The van der Waals surface area contributed by atoms with E-state index in [-0.39, 0.29) is 17.4 Å². The summed E-state index contributed by atoms with van der Waals surface area (Å²) in [7, 11) is 0. The maximum atomic E-state index is 11.9. The van der Waals surface area contributed by atoms with E-state index in [0.29, 0.717) is 12.3 Å². The Morgan fingerprint density at radius 3 is 2.56 bits per heavy atom. The first kappa shape index (κ1) is 14.7. The fourth-order valence-electron chi connectivity index (χ4n) is 1.82. The molecule has 0 bridgehead atoms. The molecule has 0 heterocycles. The number of nitrogens with one attached hydrogen (secondary N) is 1. The van der Waals surface area contributed by atoms with Crippen LogP contribution in [0, 0.1) is 11.3 Å². The fourth-order valence-corrected chi connectivity index (χ4v) is 1.82. The molecule has 1 rings (SSSR count). The minimum atomic E-state index is 0.00681. The van der Waals surface area contributed by atoms with Crippen LogP contribution in [0.5, 0.6) is 0 Å². The fraction of sp³-hybridized carbons (Fsp3) is 0.562. The molecule has 0 saturated carbocycles. The van der Waals surface area contributed by atoms with Crippen LogP contribution in [0.4, 0.5) is 0 Å². The highest BCUT2D eigenvalue weighted by atomic mass is 16.1. The third-order valence-corrected chi connectivity index (χ3v) is 2.79. The molecule has 1 N–H and O–H groups in total. The monoisotopic (exact) mass is 247 g/mol. The van der Waals surface area contributed by atoms with Crippen molar-refractivity contribution in [2.45, 2.75) is 47.1 Å². The van der Waals surface area contributed by atoms with Gasteiger partial charge in [-0.3, -0.25) is 4.79 Å². The van der Waals surface area contributed by atoms with Crippen LogP contribution in [0.2, 0.25) is 0 Å². The lowest BCUT2D eigenvalue weighted by atomic mass is 9.92. The van der Waals surface area contributed by atoms with Gasteiger partial charge in [-0.2, -0.15) is 0 Å². The van der Waals surface area contributed by atoms with E-state index in [1.807, 2.05) is 12.2 Å². The Kier molecular flexibility index (Phi) is 4.94. The second-order valence-corrected chi connectivity index (χ2v) is 6.40. The summed E-state index contributed by atoms with van der Waals surface area (Å²) in [6, 6.07) is 0.00681. The number of hydrogen-bond acceptors (Lipinski definition) is 1. The van der Waals surface area contributed by atoms with Crippen molar-refractivity contribution in [3.8, 4) is 0 Å². The number of rotatable bonds is 3. The van der Waals surface area contributed by atoms with Gasteiger partial charge in [-0.25, -0.2) is 0 Å². The summed E-state index contributed by atoms with van der Waals surface area (Å²) in [5.41, 5.74) is 1.32. The molecule has 2 nitrogen and oxygen atoms in total. The number of carbonyl (C=O) groups is 1. The van der Waals surface area contributed by atoms with Gasteiger partial charge in [0, 0.05) is 6.42 Å². The lowest BCUT2D eigenvalue weighted by Gasteiger charge is -2.19. The highest BCUT2D eigenvalue weighted by Crippen LogP contribution is 2.18. The van der Waals surface area contributed by atoms with Crippen LogP contribution < -0.4 is 5.32 Å². The quantitative estimate of drug-likeness (QED) is 0.811. The highest BCUT2D eigenvalue weighted by molar-refractivity contribution is 5.77. The van der Waals surface area contributed by atoms with Crippen LogP contribution in [-0.2, 0) is 4.79 Å². The SMILES string of the molecule is CC(C)C1=CC=CC(NC(=O)CC(C)(C)C)C=C1. The Morgan fingerprint density at radius 1 is 1.33 bits per heavy atom. The van der Waals surface area contributed by atoms with E-state index in [1.54, 1.807) is 0 Å². The van der Waals surface area contributed by atoms with Gasteiger partial charge in [0.05, 0.1) is 6.04 Å². The van der Waals surface area contributed by atoms with Crippen molar-refractivity contribution >= 4 is 5.91 Å². The topological polar surface area (TPSA) is 29.1 Å². The zero-order valence-corrected chi connectivity index (χ0v) is 12.2. The zero-order valence-electron chi connectivity index (χ0n) is 12.2. The van der Waals surface area contributed by atoms with Crippen molar-refractivity contribution in [2.75, 3.05) is 0 Å². The second-order valence-electron chi connectivity index (χ2n) is 6.40. The second kappa shape index (κ2) is 6.03. The molecule has 0 aliphatic heterocycles. The summed E-state index contributed by atoms with van der Waals surface area (Å²) in [5.74, 6) is 0.615. The molecular weight excluding hydrogens is 222 g/mol. The van der Waals surface area contributed by atoms with Gasteiger partial charge in [-0.1, -0.05) is 65.0 Å². The van der Waals surface area contributed by atoms with E-state index >= 15 is 0 Å². The Bertz CT molecular complexity index is 380. The van der Waals surface area contributed by atoms with Gasteiger partial charge in [0.25, 0.3) is 0 Å². The number of hydrogen-bond donors (Lipinski definition) is 1. The molecule has 1 unspecified atom stereocenters. The molecule has 1 aliphatic rings. The van der Waals surface area contributed by atoms with Crippen LogP contribution in [0.25, 0.3) is 0 Å². The van der Waals surface area contributed by atoms with Gasteiger partial charge >= 0.3 is 0 Å². The molecule has 0 aromatic carbocycles. The first-order valence-corrected chi connectivity index (χ1v) is 6.64. The molecule has 1 aliphatic carbocycles. The van der Waals surface area contributed by atoms with Gasteiger partial charge in [0.15, 0.2) is 0 Å². The molecule has 0 aromatic rings. The van der Waals surface area contributed by atoms with E-state index in [9.17, 15) is 4.79 Å². The normalized spacial score (nSPS) is 19.7. The lowest BCUT2D eigenvalue weighted by Crippen LogP contribution is -2.34. The predicted octanol–water partition coefficient (Wildman–Crippen LogP) is 3.62. The van der Waals surface area contributed by atoms with E-state index in [1.165, 1.54) is 5.57 Å². The third-order valence-electron chi connectivity index (χ3n) is 2.79. The van der Waals surface area contributed by atoms with Crippen LogP contribution >= 0.6 is 0 Å². The van der Waals surface area contributed by atoms with E-state index < -0.39 is 0 Å². The first-order chi connectivity index (χ1) is 8.28. The van der Waals surface area contributed by atoms with Crippen molar-refractivity contribution in [3.05, 3.63) is 36.0 Å². The molecule has 18 heavy (non-hydrogen) atoms. The molecule has 2 heteroatoms. The minimum absolute atomic E-state index is 0.00681. The van der Waals surface area contributed by atoms with Crippen molar-refractivity contribution in [1.29, 1.82) is 0 Å². The van der Waals surface area contributed by atoms with Crippen LogP contribution in [-0.4, -0.2) is 11.9 Å². The summed E-state index contributed by atoms with van der Waals surface area (Å²) >= 11 is 0. The van der Waals surface area contributed by atoms with Gasteiger partial charge in [0.1, 0.15) is 0 Å². The Morgan fingerprint density at radius 2 is 2.00 bits per heavy atom. The molecule has 0 radical (unpaired) electrons. The molecule has 100 valence electrons. The Balaban J connectivity index is 2.57. The predicted molar refractivity (Wildman–Crippen MR) is 77.2 cm³/mol. The maximum absolute atomic E-state index is 11.9. The summed E-state index contributed by atoms with van der Waals surface area (Å²) in [6.07, 6.45) is 10.9. The average Bonchev–Trinajstić information content (AvgIpc) is 2.40.